The summed E-state index contributed by atoms with van der Waals surface area (Å²) in [5, 5.41) is 8.30. The van der Waals surface area contributed by atoms with Crippen LogP contribution in [0.1, 0.15) is 0 Å². The molecule has 10 heavy (non-hydrogen) atoms. The van der Waals surface area contributed by atoms with Crippen molar-refractivity contribution in [1.29, 1.82) is 0 Å². The van der Waals surface area contributed by atoms with Gasteiger partial charge in [0.05, 0.1) is 21.3 Å². The second-order valence-electron chi connectivity index (χ2n) is 1.28. The summed E-state index contributed by atoms with van der Waals surface area (Å²) in [6, 6.07) is 0. The van der Waals surface area contributed by atoms with Crippen LogP contribution in [0.25, 0.3) is 0 Å². The molecule has 0 heterocycles. The molecular weight excluding hydrogens is 364 g/mol. The zero-order valence-corrected chi connectivity index (χ0v) is 9.72. The first-order chi connectivity index (χ1) is 4.81. The summed E-state index contributed by atoms with van der Waals surface area (Å²) in [5.74, 6) is 0. The molecule has 0 rings (SSSR count). The van der Waals surface area contributed by atoms with Gasteiger partial charge in [0.25, 0.3) is 0 Å². The minimum Gasteiger partial charge on any atom is -0.374 e. The summed E-state index contributed by atoms with van der Waals surface area (Å²) >= 11 is -1.37. The molecular formula is C3H9I2N3O2. The molecule has 7 heteroatoms. The Balaban J connectivity index is 3.42. The van der Waals surface area contributed by atoms with Gasteiger partial charge < -0.3 is 8.54 Å². The van der Waals surface area contributed by atoms with Crippen molar-refractivity contribution in [3.05, 3.63) is 0 Å². The fourth-order valence-electron chi connectivity index (χ4n) is 0.237. The summed E-state index contributed by atoms with van der Waals surface area (Å²) in [6.07, 6.45) is 0. The highest BCUT2D eigenvalue weighted by Crippen LogP contribution is 2.07. The van der Waals surface area contributed by atoms with E-state index in [-0.39, 0.29) is 6.73 Å². The summed E-state index contributed by atoms with van der Waals surface area (Å²) in [5.41, 5.74) is 0. The molecule has 0 spiro atoms. The molecule has 2 N–H and O–H groups in total. The van der Waals surface area contributed by atoms with Gasteiger partial charge in [-0.15, -0.1) is 0 Å². The highest BCUT2D eigenvalue weighted by molar-refractivity contribution is 14.1. The van der Waals surface area contributed by atoms with Crippen molar-refractivity contribution >= 4 is 42.8 Å². The van der Waals surface area contributed by atoms with Crippen LogP contribution in [0.5, 0.6) is 0 Å². The van der Waals surface area contributed by atoms with Crippen LogP contribution in [0.4, 0.5) is 0 Å². The maximum absolute atomic E-state index is 8.39. The summed E-state index contributed by atoms with van der Waals surface area (Å²) < 4.78 is 17.9. The molecule has 0 radical (unpaired) electrons. The Bertz CT molecular complexity index is 129. The molecule has 0 aromatic rings. The lowest BCUT2D eigenvalue weighted by molar-refractivity contribution is 0.313. The molecule has 0 aromatic carbocycles. The van der Waals surface area contributed by atoms with E-state index in [0.29, 0.717) is 6.67 Å². The summed E-state index contributed by atoms with van der Waals surface area (Å²) in [6.45, 7) is 0.437. The predicted octanol–water partition coefficient (Wildman–Crippen LogP) is 0.956. The Morgan fingerprint density at radius 3 is 2.70 bits per heavy atom. The molecule has 0 atom stereocenters. The number of rotatable bonds is 4. The molecule has 0 fully saturated rings. The van der Waals surface area contributed by atoms with Gasteiger partial charge >= 0.3 is 0 Å². The summed E-state index contributed by atoms with van der Waals surface area (Å²) in [7, 11) is 1.87. The number of aliphatic hydroxyl groups excluding tert-OH is 1. The highest BCUT2D eigenvalue weighted by atomic mass is 127. The van der Waals surface area contributed by atoms with E-state index in [1.165, 1.54) is 0 Å². The predicted molar refractivity (Wildman–Crippen MR) is 54.8 cm³/mol. The molecule has 0 aliphatic carbocycles. The monoisotopic (exact) mass is 373 g/mol. The van der Waals surface area contributed by atoms with Crippen molar-refractivity contribution in [2.45, 2.75) is 0 Å². The maximum atomic E-state index is 8.39. The summed E-state index contributed by atoms with van der Waals surface area (Å²) in [4.78, 5) is 0. The van der Waals surface area contributed by atoms with Crippen molar-refractivity contribution in [3.8, 4) is 0 Å². The van der Waals surface area contributed by atoms with Crippen molar-refractivity contribution in [3.63, 3.8) is 0 Å². The van der Waals surface area contributed by atoms with Crippen molar-refractivity contribution < 1.29 is 8.54 Å². The SMILES string of the molecule is CN(CN=IO)I=NCO. The lowest BCUT2D eigenvalue weighted by Gasteiger charge is -2.01. The van der Waals surface area contributed by atoms with Gasteiger partial charge in [0.15, 0.2) is 21.4 Å². The van der Waals surface area contributed by atoms with Gasteiger partial charge in [-0.2, -0.15) is 0 Å². The van der Waals surface area contributed by atoms with E-state index in [9.17, 15) is 0 Å². The fraction of sp³-hybridized carbons (Fsp3) is 1.00. The lowest BCUT2D eigenvalue weighted by atomic mass is 11.1. The molecule has 0 bridgehead atoms. The second-order valence-corrected chi connectivity index (χ2v) is 5.15. The third-order valence-electron chi connectivity index (χ3n) is 0.538. The number of halogens is 2. The van der Waals surface area contributed by atoms with Crippen LogP contribution < -0.4 is 0 Å². The fourth-order valence-corrected chi connectivity index (χ4v) is 2.36. The standard InChI is InChI=1S/C3H9I2N3O2/c1-8(2-6-5-10)4-7-3-9/h9H,2-3H2,1H3,(H,6,10). The Morgan fingerprint density at radius 2 is 2.20 bits per heavy atom. The van der Waals surface area contributed by atoms with Gasteiger partial charge in [0.1, 0.15) is 13.4 Å². The maximum Gasteiger partial charge on any atom is 0.159 e. The number of hydrogen-bond acceptors (Lipinski definition) is 3. The van der Waals surface area contributed by atoms with Crippen LogP contribution in [0.2, 0.25) is 0 Å². The molecule has 0 unspecified atom stereocenters. The molecule has 0 amide bonds. The van der Waals surface area contributed by atoms with Gasteiger partial charge in [-0.1, -0.05) is 0 Å². The average molecular weight is 373 g/mol. The Morgan fingerprint density at radius 1 is 1.50 bits per heavy atom. The van der Waals surface area contributed by atoms with Crippen molar-refractivity contribution in [2.24, 2.45) is 6.29 Å². The minimum atomic E-state index is -0.945. The molecule has 0 saturated carbocycles. The minimum absolute atomic E-state index is 0.105. The van der Waals surface area contributed by atoms with E-state index in [2.05, 4.69) is 6.29 Å². The van der Waals surface area contributed by atoms with E-state index < -0.39 is 42.8 Å². The van der Waals surface area contributed by atoms with Crippen LogP contribution in [-0.4, -0.2) is 32.1 Å². The van der Waals surface area contributed by atoms with Gasteiger partial charge in [-0.05, 0) is 7.05 Å². The number of nitrogens with zero attached hydrogens (tertiary/aromatic N) is 3. The van der Waals surface area contributed by atoms with Crippen molar-refractivity contribution in [2.75, 3.05) is 20.4 Å². The van der Waals surface area contributed by atoms with Crippen LogP contribution in [0.3, 0.4) is 0 Å². The average Bonchev–Trinajstić information content (AvgIpc) is 1.97. The van der Waals surface area contributed by atoms with Crippen molar-refractivity contribution in [1.82, 2.24) is 3.11 Å². The van der Waals surface area contributed by atoms with Gasteiger partial charge in [0.2, 0.25) is 0 Å². The van der Waals surface area contributed by atoms with Crippen LogP contribution in [0, 0.1) is 0 Å². The Kier molecular flexibility index (Phi) is 8.80. The smallest absolute Gasteiger partial charge is 0.159 e. The third-order valence-corrected chi connectivity index (χ3v) is 2.80. The molecule has 0 aliphatic heterocycles. The molecule has 5 nitrogen and oxygen atoms in total. The van der Waals surface area contributed by atoms with Crippen LogP contribution in [0.15, 0.2) is 6.29 Å². The molecule has 0 saturated heterocycles. The van der Waals surface area contributed by atoms with E-state index in [1.54, 1.807) is 0 Å². The number of hydrogen-bond donors (Lipinski definition) is 2. The zero-order valence-electron chi connectivity index (χ0n) is 5.41. The molecule has 0 aliphatic rings. The van der Waals surface area contributed by atoms with Crippen LogP contribution in [-0.2, 0) is 0 Å². The Hall–Kier alpha value is 0.940. The van der Waals surface area contributed by atoms with E-state index in [4.69, 9.17) is 8.54 Å². The molecule has 62 valence electrons. The van der Waals surface area contributed by atoms with Gasteiger partial charge in [-0.25, -0.2) is 9.40 Å². The highest BCUT2D eigenvalue weighted by Gasteiger charge is 1.88. The van der Waals surface area contributed by atoms with E-state index in [0.717, 1.165) is 0 Å². The van der Waals surface area contributed by atoms with Gasteiger partial charge in [-0.3, -0.25) is 0 Å². The van der Waals surface area contributed by atoms with E-state index >= 15 is 0 Å². The van der Waals surface area contributed by atoms with Gasteiger partial charge in [0, 0.05) is 0 Å². The second kappa shape index (κ2) is 8.04. The first kappa shape index (κ1) is 10.9. The largest absolute Gasteiger partial charge is 0.374 e. The number of aliphatic hydroxyl groups is 1. The quantitative estimate of drug-likeness (QED) is 0.570. The molecule has 0 aromatic heterocycles. The normalized spacial score (nSPS) is 14.0. The Labute approximate surface area is 80.6 Å². The van der Waals surface area contributed by atoms with E-state index in [1.807, 2.05) is 10.2 Å². The first-order valence-corrected chi connectivity index (χ1v) is 6.25. The lowest BCUT2D eigenvalue weighted by Crippen LogP contribution is -2.02. The topological polar surface area (TPSA) is 68.4 Å². The zero-order chi connectivity index (χ0) is 7.82. The third kappa shape index (κ3) is 7.05. The first-order valence-electron chi connectivity index (χ1n) is 2.39. The van der Waals surface area contributed by atoms with Crippen LogP contribution >= 0.6 is 42.8 Å².